The third-order valence-electron chi connectivity index (χ3n) is 11.5. The molecule has 30 heteroatoms. The molecular formula is C52H89N9O20S. The fourth-order valence-electron chi connectivity index (χ4n) is 7.35. The number of carbonyl (C=O) groups is 7. The lowest BCUT2D eigenvalue weighted by atomic mass is 10.0. The molecule has 0 aliphatic rings. The highest BCUT2D eigenvalue weighted by Gasteiger charge is 2.27. The molecule has 5 amide bonds. The first-order valence-electron chi connectivity index (χ1n) is 27.6. The van der Waals surface area contributed by atoms with Crippen molar-refractivity contribution in [3.8, 4) is 11.5 Å². The standard InChI is InChI=1S/C52H89N9O20S/c1-38(58-48(65)37-80-30-29-79-28-27-78-26-25-77-24-23-76-22-21-75-20-19-74-17-10-8-6-4-3-5-7-9-11-31-82)39-32-43(73-2)44(34-42(39)61(71)72)81-18-13-15-45(62)56-35-46(63)59-40(14-12-16-55-52(53)54)50(68)57-36-47(64)60-41(51(69)70)33-49(66)67/h32,34,38,40-41,82H,3-31,33,35-37H2,1-2H3,(H,56,62)(H,57,68)(H,58,65)(H,59,63)(H,60,64)(H,66,67)(H,69,70)(H4,53,54,55)/t38?,40-,41-/m0/s1. The number of aliphatic imine (C=N–C) groups is 1. The predicted octanol–water partition coefficient (Wildman–Crippen LogP) is 1.31. The van der Waals surface area contributed by atoms with Crippen LogP contribution in [0.15, 0.2) is 17.1 Å². The predicted molar refractivity (Wildman–Crippen MR) is 302 cm³/mol. The number of nitrogens with zero attached hydrogens (tertiary/aromatic N) is 2. The van der Waals surface area contributed by atoms with Crippen LogP contribution in [0.3, 0.4) is 0 Å². The number of guanidine groups is 1. The number of thiol groups is 1. The number of benzene rings is 1. The third-order valence-corrected chi connectivity index (χ3v) is 11.9. The summed E-state index contributed by atoms with van der Waals surface area (Å²) in [6.45, 7) is 5.31. The number of carboxylic acids is 2. The number of nitrogens with one attached hydrogen (secondary N) is 5. The molecule has 0 radical (unpaired) electrons. The highest BCUT2D eigenvalue weighted by atomic mass is 32.1. The number of ether oxygens (including phenoxy) is 9. The molecule has 0 spiro atoms. The van der Waals surface area contributed by atoms with Gasteiger partial charge in [0, 0.05) is 19.6 Å². The second-order valence-corrected chi connectivity index (χ2v) is 18.8. The van der Waals surface area contributed by atoms with Crippen LogP contribution >= 0.6 is 12.6 Å². The number of nitro groups is 1. The van der Waals surface area contributed by atoms with Crippen molar-refractivity contribution >= 4 is 65.8 Å². The summed E-state index contributed by atoms with van der Waals surface area (Å²) in [6.07, 6.45) is 10.5. The Morgan fingerprint density at radius 2 is 1.11 bits per heavy atom. The zero-order valence-electron chi connectivity index (χ0n) is 47.5. The quantitative estimate of drug-likeness (QED) is 0.0110. The minimum atomic E-state index is -1.75. The Kier molecular flexibility index (Phi) is 43.6. The van der Waals surface area contributed by atoms with E-state index in [4.69, 9.17) is 64.3 Å². The number of methoxy groups -OCH3 is 1. The number of carbonyl (C=O) groups excluding carboxylic acids is 5. The molecule has 29 nitrogen and oxygen atoms in total. The molecule has 82 heavy (non-hydrogen) atoms. The molecule has 3 atom stereocenters. The SMILES string of the molecule is COc1cc(C(C)NC(=O)COCCOCCOCCOCCOCCOCCOCCCCCCCCCCCS)c([N+](=O)[O-])cc1OCCCC(=O)NCC(=O)N[C@@H](CCCN=C(N)N)C(=O)NCC(=O)N[C@@H](CC(=O)O)C(=O)O. The van der Waals surface area contributed by atoms with E-state index in [1.165, 1.54) is 64.5 Å². The number of unbranched alkanes of at least 4 members (excludes halogenated alkanes) is 8. The Morgan fingerprint density at radius 3 is 1.61 bits per heavy atom. The molecule has 1 aromatic rings. The van der Waals surface area contributed by atoms with Crippen molar-refractivity contribution in [1.29, 1.82) is 0 Å². The van der Waals surface area contributed by atoms with Crippen molar-refractivity contribution in [3.05, 3.63) is 27.8 Å². The van der Waals surface area contributed by atoms with Crippen LogP contribution in [0.25, 0.3) is 0 Å². The summed E-state index contributed by atoms with van der Waals surface area (Å²) in [5, 5.41) is 41.9. The van der Waals surface area contributed by atoms with Gasteiger partial charge in [0.15, 0.2) is 17.5 Å². The maximum absolute atomic E-state index is 12.9. The van der Waals surface area contributed by atoms with Gasteiger partial charge in [-0.25, -0.2) is 4.79 Å². The molecule has 0 bridgehead atoms. The Morgan fingerprint density at radius 1 is 0.610 bits per heavy atom. The zero-order chi connectivity index (χ0) is 60.6. The van der Waals surface area contributed by atoms with E-state index in [1.54, 1.807) is 6.92 Å². The van der Waals surface area contributed by atoms with Gasteiger partial charge < -0.3 is 90.9 Å². The van der Waals surface area contributed by atoms with E-state index in [9.17, 15) is 43.7 Å². The maximum atomic E-state index is 12.9. The molecule has 1 aromatic carbocycles. The highest BCUT2D eigenvalue weighted by Crippen LogP contribution is 2.37. The van der Waals surface area contributed by atoms with Gasteiger partial charge in [-0.3, -0.25) is 43.9 Å². The average Bonchev–Trinajstić information content (AvgIpc) is 3.46. The normalized spacial score (nSPS) is 12.1. The molecule has 468 valence electrons. The van der Waals surface area contributed by atoms with Crippen molar-refractivity contribution in [2.45, 2.75) is 115 Å². The zero-order valence-corrected chi connectivity index (χ0v) is 48.4. The van der Waals surface area contributed by atoms with Gasteiger partial charge in [-0.2, -0.15) is 12.6 Å². The molecule has 11 N–H and O–H groups in total. The molecule has 0 fully saturated rings. The average molecular weight is 1190 g/mol. The first-order chi connectivity index (χ1) is 39.5. The van der Waals surface area contributed by atoms with Crippen molar-refractivity contribution in [3.63, 3.8) is 0 Å². The van der Waals surface area contributed by atoms with Gasteiger partial charge in [0.05, 0.1) is 135 Å². The Bertz CT molecular complexity index is 2040. The first kappa shape index (κ1) is 73.9. The van der Waals surface area contributed by atoms with E-state index >= 15 is 0 Å². The lowest BCUT2D eigenvalue weighted by Crippen LogP contribution is -2.52. The molecule has 0 saturated carbocycles. The summed E-state index contributed by atoms with van der Waals surface area (Å²) in [4.78, 5) is 101. The number of nitro benzene ring substituents is 1. The topological polar surface area (TPSA) is 411 Å². The van der Waals surface area contributed by atoms with Crippen LogP contribution in [0.5, 0.6) is 11.5 Å². The molecule has 0 aromatic heterocycles. The number of aliphatic carboxylic acids is 2. The van der Waals surface area contributed by atoms with Crippen LogP contribution in [0.4, 0.5) is 5.69 Å². The van der Waals surface area contributed by atoms with E-state index in [-0.39, 0.29) is 87.4 Å². The lowest BCUT2D eigenvalue weighted by Gasteiger charge is -2.19. The van der Waals surface area contributed by atoms with Crippen LogP contribution < -0.4 is 47.5 Å². The molecule has 0 heterocycles. The Labute approximate surface area is 484 Å². The fourth-order valence-corrected chi connectivity index (χ4v) is 7.57. The van der Waals surface area contributed by atoms with E-state index in [1.807, 2.05) is 5.32 Å². The van der Waals surface area contributed by atoms with Gasteiger partial charge in [0.2, 0.25) is 29.5 Å². The van der Waals surface area contributed by atoms with Gasteiger partial charge in [0.25, 0.3) is 5.69 Å². The van der Waals surface area contributed by atoms with E-state index in [0.29, 0.717) is 66.1 Å². The van der Waals surface area contributed by atoms with Crippen molar-refractivity contribution in [2.75, 3.05) is 132 Å². The van der Waals surface area contributed by atoms with Gasteiger partial charge in [-0.05, 0) is 50.8 Å². The number of nitrogens with two attached hydrogens (primary N) is 2. The Balaban J connectivity index is 2.31. The summed E-state index contributed by atoms with van der Waals surface area (Å²) < 4.78 is 49.7. The van der Waals surface area contributed by atoms with E-state index < -0.39 is 84.0 Å². The van der Waals surface area contributed by atoms with Crippen LogP contribution in [-0.4, -0.2) is 206 Å². The Hall–Kier alpha value is -6.15. The van der Waals surface area contributed by atoms with Crippen LogP contribution in [0.1, 0.15) is 108 Å². The number of hydrogen-bond donors (Lipinski definition) is 10. The van der Waals surface area contributed by atoms with Crippen molar-refractivity contribution in [2.24, 2.45) is 16.5 Å². The van der Waals surface area contributed by atoms with E-state index in [2.05, 4.69) is 38.9 Å². The number of carboxylic acid groups (broad SMARTS) is 2. The second-order valence-electron chi connectivity index (χ2n) is 18.3. The number of hydrogen-bond acceptors (Lipinski definition) is 20. The van der Waals surface area contributed by atoms with Crippen molar-refractivity contribution < 1.29 is 91.3 Å². The summed E-state index contributed by atoms with van der Waals surface area (Å²) in [5.74, 6) is -5.98. The summed E-state index contributed by atoms with van der Waals surface area (Å²) in [7, 11) is 1.32. The van der Waals surface area contributed by atoms with Crippen LogP contribution in [0.2, 0.25) is 0 Å². The smallest absolute Gasteiger partial charge is 0.326 e. The van der Waals surface area contributed by atoms with E-state index in [0.717, 1.165) is 24.8 Å². The van der Waals surface area contributed by atoms with Gasteiger partial charge >= 0.3 is 11.9 Å². The van der Waals surface area contributed by atoms with Gasteiger partial charge in [-0.1, -0.05) is 44.9 Å². The fraction of sp³-hybridized carbons (Fsp3) is 0.731. The summed E-state index contributed by atoms with van der Waals surface area (Å²) in [6, 6.07) is -1.37. The minimum Gasteiger partial charge on any atom is -0.493 e. The lowest BCUT2D eigenvalue weighted by molar-refractivity contribution is -0.385. The maximum Gasteiger partial charge on any atom is 0.326 e. The monoisotopic (exact) mass is 1190 g/mol. The molecule has 1 unspecified atom stereocenters. The highest BCUT2D eigenvalue weighted by molar-refractivity contribution is 7.80. The third kappa shape index (κ3) is 39.3. The van der Waals surface area contributed by atoms with Gasteiger partial charge in [-0.15, -0.1) is 0 Å². The van der Waals surface area contributed by atoms with Crippen LogP contribution in [0, 0.1) is 10.1 Å². The summed E-state index contributed by atoms with van der Waals surface area (Å²) in [5.41, 5.74) is 10.4. The molecule has 0 aliphatic heterocycles. The molecule has 1 rings (SSSR count). The molecular weight excluding hydrogens is 1100 g/mol. The van der Waals surface area contributed by atoms with Crippen LogP contribution in [-0.2, 0) is 66.7 Å². The second kappa shape index (κ2) is 48.4. The summed E-state index contributed by atoms with van der Waals surface area (Å²) >= 11 is 4.25. The largest absolute Gasteiger partial charge is 0.493 e. The number of rotatable bonds is 54. The molecule has 0 aliphatic carbocycles. The number of amides is 5. The first-order valence-corrected chi connectivity index (χ1v) is 28.2. The van der Waals surface area contributed by atoms with Crippen molar-refractivity contribution in [1.82, 2.24) is 26.6 Å². The van der Waals surface area contributed by atoms with Gasteiger partial charge in [0.1, 0.15) is 18.7 Å². The minimum absolute atomic E-state index is 0.00868. The molecule has 0 saturated heterocycles.